The number of nitriles is 1. The molecule has 3 aromatic rings. The van der Waals surface area contributed by atoms with Crippen LogP contribution in [0.4, 0.5) is 13.2 Å². The molecular formula is C38H41F3N4O8. The van der Waals surface area contributed by atoms with Gasteiger partial charge in [0.2, 0.25) is 11.8 Å². The molecule has 282 valence electrons. The zero-order valence-corrected chi connectivity index (χ0v) is 30.0. The van der Waals surface area contributed by atoms with Crippen molar-refractivity contribution < 1.29 is 51.4 Å². The number of nitrogens with zero attached hydrogens (tertiary/aromatic N) is 1. The summed E-state index contributed by atoms with van der Waals surface area (Å²) < 4.78 is 56.2. The van der Waals surface area contributed by atoms with E-state index in [9.17, 15) is 42.4 Å². The summed E-state index contributed by atoms with van der Waals surface area (Å²) in [5.74, 6) is -6.04. The van der Waals surface area contributed by atoms with Gasteiger partial charge in [0, 0.05) is 12.0 Å². The van der Waals surface area contributed by atoms with Crippen LogP contribution in [0.5, 0.6) is 11.5 Å². The summed E-state index contributed by atoms with van der Waals surface area (Å²) in [6, 6.07) is 14.7. The molecule has 0 aliphatic heterocycles. The van der Waals surface area contributed by atoms with Gasteiger partial charge in [0.15, 0.2) is 6.61 Å². The Bertz CT molecular complexity index is 1830. The Balaban J connectivity index is 1.96. The average Bonchev–Trinajstić information content (AvgIpc) is 3.10. The summed E-state index contributed by atoms with van der Waals surface area (Å²) in [7, 11) is 1.40. The van der Waals surface area contributed by atoms with Gasteiger partial charge >= 0.3 is 12.1 Å². The molecule has 3 rings (SSSR count). The second-order valence-electron chi connectivity index (χ2n) is 13.3. The van der Waals surface area contributed by atoms with Crippen molar-refractivity contribution in [2.24, 2.45) is 5.92 Å². The number of esters is 1. The van der Waals surface area contributed by atoms with Gasteiger partial charge in [-0.15, -0.1) is 0 Å². The molecule has 0 unspecified atom stereocenters. The molecule has 3 amide bonds. The number of ketones is 1. The Morgan fingerprint density at radius 3 is 2.08 bits per heavy atom. The molecule has 0 fully saturated rings. The van der Waals surface area contributed by atoms with Crippen LogP contribution in [0, 0.1) is 17.2 Å². The van der Waals surface area contributed by atoms with E-state index in [0.29, 0.717) is 11.3 Å². The summed E-state index contributed by atoms with van der Waals surface area (Å²) in [6.45, 7) is 7.30. The number of amides is 3. The monoisotopic (exact) mass is 738 g/mol. The van der Waals surface area contributed by atoms with Gasteiger partial charge in [-0.25, -0.2) is 4.79 Å². The third-order valence-electron chi connectivity index (χ3n) is 7.51. The number of carbonyl (C=O) groups excluding carboxylic acids is 5. The van der Waals surface area contributed by atoms with Crippen LogP contribution in [-0.2, 0) is 30.3 Å². The number of alkyl halides is 3. The van der Waals surface area contributed by atoms with E-state index < -0.39 is 71.9 Å². The molecule has 3 atom stereocenters. The molecule has 0 bridgehead atoms. The zero-order chi connectivity index (χ0) is 39.5. The summed E-state index contributed by atoms with van der Waals surface area (Å²) in [4.78, 5) is 65.6. The lowest BCUT2D eigenvalue weighted by molar-refractivity contribution is -0.175. The third kappa shape index (κ3) is 12.7. The van der Waals surface area contributed by atoms with E-state index in [1.54, 1.807) is 32.9 Å². The summed E-state index contributed by atoms with van der Waals surface area (Å²) in [5, 5.41) is 16.7. The minimum Gasteiger partial charge on any atom is -0.497 e. The fraction of sp³-hybridized carbons (Fsp3) is 0.368. The molecule has 0 saturated heterocycles. The molecule has 0 saturated carbocycles. The van der Waals surface area contributed by atoms with Gasteiger partial charge in [-0.3, -0.25) is 19.2 Å². The number of halogens is 3. The average molecular weight is 739 g/mol. The molecular weight excluding hydrogens is 697 g/mol. The summed E-state index contributed by atoms with van der Waals surface area (Å²) >= 11 is 0. The van der Waals surface area contributed by atoms with Crippen LogP contribution in [0.2, 0.25) is 0 Å². The molecule has 0 radical (unpaired) electrons. The van der Waals surface area contributed by atoms with Gasteiger partial charge in [-0.05, 0) is 80.3 Å². The first kappa shape index (κ1) is 41.5. The fourth-order valence-corrected chi connectivity index (χ4v) is 4.98. The van der Waals surface area contributed by atoms with E-state index in [2.05, 4.69) is 16.0 Å². The number of carbonyl (C=O) groups is 5. The third-order valence-corrected chi connectivity index (χ3v) is 7.51. The minimum atomic E-state index is -5.24. The van der Waals surface area contributed by atoms with Crippen molar-refractivity contribution in [3.63, 3.8) is 0 Å². The molecule has 3 N–H and O–H groups in total. The fourth-order valence-electron chi connectivity index (χ4n) is 4.98. The maximum absolute atomic E-state index is 14.0. The topological polar surface area (TPSA) is 173 Å². The zero-order valence-electron chi connectivity index (χ0n) is 30.0. The van der Waals surface area contributed by atoms with Crippen LogP contribution >= 0.6 is 0 Å². The van der Waals surface area contributed by atoms with Crippen molar-refractivity contribution in [2.45, 2.75) is 70.9 Å². The Morgan fingerprint density at radius 2 is 1.49 bits per heavy atom. The second-order valence-corrected chi connectivity index (χ2v) is 13.3. The summed E-state index contributed by atoms with van der Waals surface area (Å²) in [5.41, 5.74) is 0.149. The maximum atomic E-state index is 14.0. The molecule has 3 aromatic carbocycles. The van der Waals surface area contributed by atoms with E-state index in [4.69, 9.17) is 14.2 Å². The minimum absolute atomic E-state index is 0.0325. The number of methoxy groups -OCH3 is 1. The molecule has 15 heteroatoms. The molecule has 0 aliphatic carbocycles. The van der Waals surface area contributed by atoms with Gasteiger partial charge in [0.25, 0.3) is 11.7 Å². The van der Waals surface area contributed by atoms with Crippen molar-refractivity contribution in [2.75, 3.05) is 13.7 Å². The normalized spacial score (nSPS) is 13.1. The van der Waals surface area contributed by atoms with Gasteiger partial charge in [-0.2, -0.15) is 18.4 Å². The van der Waals surface area contributed by atoms with Crippen LogP contribution in [0.3, 0.4) is 0 Å². The molecule has 53 heavy (non-hydrogen) atoms. The van der Waals surface area contributed by atoms with Crippen molar-refractivity contribution in [1.29, 1.82) is 5.26 Å². The number of ether oxygens (including phenoxy) is 3. The van der Waals surface area contributed by atoms with Crippen molar-refractivity contribution in [3.05, 3.63) is 95.1 Å². The largest absolute Gasteiger partial charge is 0.497 e. The molecule has 0 heterocycles. The SMILES string of the molecule is COc1ccc([C@H](NC(=O)[C@H](Cc2cccc(C#N)c2)NC(=O)c2cccc(OCC(=O)OC(C)(C)C)c2)C(=O)N[C@H](C(=O)C(F)(F)F)C(C)C)cc1. The van der Waals surface area contributed by atoms with Crippen molar-refractivity contribution in [3.8, 4) is 17.6 Å². The highest BCUT2D eigenvalue weighted by Crippen LogP contribution is 2.24. The van der Waals surface area contributed by atoms with E-state index in [0.717, 1.165) is 0 Å². The lowest BCUT2D eigenvalue weighted by Gasteiger charge is -2.27. The first-order chi connectivity index (χ1) is 24.8. The van der Waals surface area contributed by atoms with Crippen LogP contribution in [0.1, 0.15) is 67.7 Å². The first-order valence-corrected chi connectivity index (χ1v) is 16.4. The number of Topliss-reactive ketones (excluding diaryl/α,β-unsaturated/α-hetero) is 1. The van der Waals surface area contributed by atoms with Crippen LogP contribution in [-0.4, -0.2) is 67.1 Å². The Kier molecular flexibility index (Phi) is 14.1. The van der Waals surface area contributed by atoms with Gasteiger partial charge in [0.05, 0.1) is 24.8 Å². The molecule has 0 aromatic heterocycles. The number of benzene rings is 3. The van der Waals surface area contributed by atoms with Crippen LogP contribution in [0.25, 0.3) is 0 Å². The second kappa shape index (κ2) is 18.0. The smallest absolute Gasteiger partial charge is 0.452 e. The highest BCUT2D eigenvalue weighted by molar-refractivity contribution is 5.99. The lowest BCUT2D eigenvalue weighted by Crippen LogP contribution is -2.55. The highest BCUT2D eigenvalue weighted by atomic mass is 19.4. The van der Waals surface area contributed by atoms with Gasteiger partial charge in [-0.1, -0.05) is 44.2 Å². The highest BCUT2D eigenvalue weighted by Gasteiger charge is 2.45. The molecule has 0 spiro atoms. The Hall–Kier alpha value is -5.91. The molecule has 12 nitrogen and oxygen atoms in total. The Morgan fingerprint density at radius 1 is 0.830 bits per heavy atom. The van der Waals surface area contributed by atoms with E-state index in [-0.39, 0.29) is 28.9 Å². The standard InChI is InChI=1S/C38H41F3N4O8/c1-22(2)31(33(47)38(39,40)41)44-36(50)32(25-13-15-27(51-6)16-14-25)45-35(49)29(18-23-9-7-10-24(17-23)20-42)43-34(48)26-11-8-12-28(19-26)52-21-30(46)53-37(3,4)5/h7-17,19,22,29,31-32H,18,21H2,1-6H3,(H,43,48)(H,44,50)(H,45,49)/t29-,31-,32-/m0/s1. The number of hydrogen-bond donors (Lipinski definition) is 3. The van der Waals surface area contributed by atoms with Crippen molar-refractivity contribution >= 4 is 29.5 Å². The van der Waals surface area contributed by atoms with Gasteiger partial charge < -0.3 is 30.2 Å². The summed E-state index contributed by atoms with van der Waals surface area (Å²) in [6.07, 6.45) is -5.42. The predicted molar refractivity (Wildman–Crippen MR) is 186 cm³/mol. The van der Waals surface area contributed by atoms with E-state index >= 15 is 0 Å². The van der Waals surface area contributed by atoms with Crippen LogP contribution < -0.4 is 25.4 Å². The number of rotatable bonds is 15. The predicted octanol–water partition coefficient (Wildman–Crippen LogP) is 4.76. The van der Waals surface area contributed by atoms with Gasteiger partial charge in [0.1, 0.15) is 29.2 Å². The maximum Gasteiger partial charge on any atom is 0.452 e. The van der Waals surface area contributed by atoms with Crippen LogP contribution in [0.15, 0.2) is 72.8 Å². The number of nitrogens with one attached hydrogen (secondary N) is 3. The number of hydrogen-bond acceptors (Lipinski definition) is 9. The Labute approximate surface area is 305 Å². The molecule has 0 aliphatic rings. The quantitative estimate of drug-likeness (QED) is 0.186. The van der Waals surface area contributed by atoms with E-state index in [1.165, 1.54) is 81.6 Å². The first-order valence-electron chi connectivity index (χ1n) is 16.4. The van der Waals surface area contributed by atoms with Crippen molar-refractivity contribution in [1.82, 2.24) is 16.0 Å². The van der Waals surface area contributed by atoms with E-state index in [1.807, 2.05) is 6.07 Å². The lowest BCUT2D eigenvalue weighted by atomic mass is 9.97.